The number of urea groups is 1. The molecule has 0 bridgehead atoms. The smallest absolute Gasteiger partial charge is 0.282 e. The Labute approximate surface area is 109 Å². The second kappa shape index (κ2) is 5.48. The molecule has 2 N–H and O–H groups in total. The average Bonchev–Trinajstić information content (AvgIpc) is 2.81. The van der Waals surface area contributed by atoms with Crippen molar-refractivity contribution in [3.05, 3.63) is 40.9 Å². The molecule has 1 aromatic carbocycles. The first kappa shape index (κ1) is 13.0. The lowest BCUT2D eigenvalue weighted by Gasteiger charge is -2.05. The summed E-state index contributed by atoms with van der Waals surface area (Å²) in [4.78, 5) is 22.9. The van der Waals surface area contributed by atoms with Gasteiger partial charge in [-0.25, -0.2) is 13.6 Å². The molecule has 0 spiro atoms. The van der Waals surface area contributed by atoms with Gasteiger partial charge < -0.3 is 0 Å². The third-order valence-corrected chi connectivity index (χ3v) is 2.60. The molecule has 3 amide bonds. The summed E-state index contributed by atoms with van der Waals surface area (Å²) in [6.45, 7) is 0. The normalized spacial score (nSPS) is 10.0. The summed E-state index contributed by atoms with van der Waals surface area (Å²) < 4.78 is 26.6. The molecule has 6 nitrogen and oxygen atoms in total. The standard InChI is InChI=1S/C10H6F2N4O2S/c11-5-2-1-3-6(12)7(5)8(17)14-9(18)15-10-16-13-4-19-10/h1-4H,(H2,14,15,16,17,18). The van der Waals surface area contributed by atoms with E-state index in [1.807, 2.05) is 0 Å². The molecule has 2 rings (SSSR count). The molecule has 0 aliphatic rings. The first-order valence-electron chi connectivity index (χ1n) is 4.90. The number of halogens is 2. The van der Waals surface area contributed by atoms with E-state index in [4.69, 9.17) is 0 Å². The number of imide groups is 1. The molecule has 0 unspecified atom stereocenters. The summed E-state index contributed by atoms with van der Waals surface area (Å²) in [6, 6.07) is 1.99. The molecule has 1 aromatic heterocycles. The first-order valence-corrected chi connectivity index (χ1v) is 5.78. The number of hydrogen-bond donors (Lipinski definition) is 2. The van der Waals surface area contributed by atoms with Crippen LogP contribution in [0.4, 0.5) is 18.7 Å². The fraction of sp³-hybridized carbons (Fsp3) is 0. The van der Waals surface area contributed by atoms with Gasteiger partial charge in [-0.15, -0.1) is 10.2 Å². The van der Waals surface area contributed by atoms with E-state index in [0.29, 0.717) is 0 Å². The Kier molecular flexibility index (Phi) is 3.76. The fourth-order valence-corrected chi connectivity index (χ4v) is 1.68. The van der Waals surface area contributed by atoms with Crippen LogP contribution in [0.25, 0.3) is 0 Å². The van der Waals surface area contributed by atoms with Crippen LogP contribution in [0.3, 0.4) is 0 Å². The number of benzene rings is 1. The lowest BCUT2D eigenvalue weighted by molar-refractivity contribution is 0.0959. The van der Waals surface area contributed by atoms with Crippen molar-refractivity contribution >= 4 is 28.4 Å². The van der Waals surface area contributed by atoms with Gasteiger partial charge in [0.1, 0.15) is 22.7 Å². The van der Waals surface area contributed by atoms with Gasteiger partial charge in [0, 0.05) is 0 Å². The van der Waals surface area contributed by atoms with Gasteiger partial charge in [0.25, 0.3) is 5.91 Å². The summed E-state index contributed by atoms with van der Waals surface area (Å²) in [7, 11) is 0. The van der Waals surface area contributed by atoms with Crippen molar-refractivity contribution in [1.82, 2.24) is 15.5 Å². The van der Waals surface area contributed by atoms with Crippen LogP contribution in [0.5, 0.6) is 0 Å². The van der Waals surface area contributed by atoms with E-state index in [2.05, 4.69) is 15.5 Å². The molecule has 2 aromatic rings. The third-order valence-electron chi connectivity index (χ3n) is 2.00. The molecular weight excluding hydrogens is 278 g/mol. The van der Waals surface area contributed by atoms with E-state index >= 15 is 0 Å². The maximum Gasteiger partial charge on any atom is 0.328 e. The Balaban J connectivity index is 2.07. The van der Waals surface area contributed by atoms with Crippen molar-refractivity contribution < 1.29 is 18.4 Å². The van der Waals surface area contributed by atoms with Gasteiger partial charge in [-0.3, -0.25) is 15.4 Å². The highest BCUT2D eigenvalue weighted by molar-refractivity contribution is 7.13. The average molecular weight is 284 g/mol. The van der Waals surface area contributed by atoms with Gasteiger partial charge >= 0.3 is 6.03 Å². The number of carbonyl (C=O) groups excluding carboxylic acids is 2. The minimum absolute atomic E-state index is 0.152. The minimum Gasteiger partial charge on any atom is -0.282 e. The highest BCUT2D eigenvalue weighted by Crippen LogP contribution is 2.12. The lowest BCUT2D eigenvalue weighted by atomic mass is 10.2. The van der Waals surface area contributed by atoms with Gasteiger partial charge in [0.15, 0.2) is 0 Å². The molecule has 0 atom stereocenters. The van der Waals surface area contributed by atoms with E-state index in [0.717, 1.165) is 29.5 Å². The Hall–Kier alpha value is -2.42. The molecule has 9 heteroatoms. The van der Waals surface area contributed by atoms with Crippen molar-refractivity contribution in [1.29, 1.82) is 0 Å². The van der Waals surface area contributed by atoms with E-state index in [9.17, 15) is 18.4 Å². The van der Waals surface area contributed by atoms with Crippen molar-refractivity contribution in [2.24, 2.45) is 0 Å². The monoisotopic (exact) mass is 284 g/mol. The van der Waals surface area contributed by atoms with Gasteiger partial charge in [-0.2, -0.15) is 0 Å². The Morgan fingerprint density at radius 3 is 2.47 bits per heavy atom. The Morgan fingerprint density at radius 2 is 1.89 bits per heavy atom. The number of nitrogens with one attached hydrogen (secondary N) is 2. The molecule has 0 radical (unpaired) electrons. The molecule has 0 aliphatic heterocycles. The van der Waals surface area contributed by atoms with Crippen LogP contribution in [0, 0.1) is 11.6 Å². The maximum atomic E-state index is 13.3. The summed E-state index contributed by atoms with van der Waals surface area (Å²) in [6.07, 6.45) is 0. The second-order valence-electron chi connectivity index (χ2n) is 3.25. The topological polar surface area (TPSA) is 84.0 Å². The lowest BCUT2D eigenvalue weighted by Crippen LogP contribution is -2.35. The van der Waals surface area contributed by atoms with E-state index in [-0.39, 0.29) is 5.13 Å². The first-order chi connectivity index (χ1) is 9.08. The van der Waals surface area contributed by atoms with Crippen LogP contribution in [0.1, 0.15) is 10.4 Å². The van der Waals surface area contributed by atoms with Gasteiger partial charge in [0.2, 0.25) is 5.13 Å². The zero-order valence-electron chi connectivity index (χ0n) is 9.18. The second-order valence-corrected chi connectivity index (χ2v) is 4.08. The summed E-state index contributed by atoms with van der Waals surface area (Å²) in [5.74, 6) is -3.29. The molecule has 98 valence electrons. The van der Waals surface area contributed by atoms with E-state index in [1.54, 1.807) is 5.32 Å². The van der Waals surface area contributed by atoms with Crippen molar-refractivity contribution in [3.63, 3.8) is 0 Å². The Morgan fingerprint density at radius 1 is 1.21 bits per heavy atom. The SMILES string of the molecule is O=C(NC(=O)c1c(F)cccc1F)Nc1nncs1. The largest absolute Gasteiger partial charge is 0.328 e. The predicted octanol–water partition coefficient (Wildman–Crippen LogP) is 1.78. The van der Waals surface area contributed by atoms with Crippen LogP contribution < -0.4 is 10.6 Å². The number of rotatable bonds is 2. The van der Waals surface area contributed by atoms with Crippen molar-refractivity contribution in [2.75, 3.05) is 5.32 Å². The van der Waals surface area contributed by atoms with Gasteiger partial charge in [0.05, 0.1) is 0 Å². The fourth-order valence-electron chi connectivity index (χ4n) is 1.24. The van der Waals surface area contributed by atoms with Crippen molar-refractivity contribution in [3.8, 4) is 0 Å². The summed E-state index contributed by atoms with van der Waals surface area (Å²) >= 11 is 1.03. The molecule has 19 heavy (non-hydrogen) atoms. The van der Waals surface area contributed by atoms with E-state index in [1.165, 1.54) is 5.51 Å². The van der Waals surface area contributed by atoms with E-state index < -0.39 is 29.1 Å². The number of aromatic nitrogens is 2. The molecule has 0 fully saturated rings. The third kappa shape index (κ3) is 3.07. The van der Waals surface area contributed by atoms with Crippen LogP contribution in [-0.4, -0.2) is 22.1 Å². The number of hydrogen-bond acceptors (Lipinski definition) is 5. The van der Waals surface area contributed by atoms with Crippen LogP contribution in [0.2, 0.25) is 0 Å². The number of carbonyl (C=O) groups is 2. The summed E-state index contributed by atoms with van der Waals surface area (Å²) in [5, 5.41) is 11.1. The van der Waals surface area contributed by atoms with Gasteiger partial charge in [-0.1, -0.05) is 17.4 Å². The van der Waals surface area contributed by atoms with Crippen LogP contribution in [0.15, 0.2) is 23.7 Å². The minimum atomic E-state index is -1.18. The number of anilines is 1. The molecule has 1 heterocycles. The molecular formula is C10H6F2N4O2S. The molecule has 0 aliphatic carbocycles. The number of amides is 3. The van der Waals surface area contributed by atoms with Gasteiger partial charge in [-0.05, 0) is 12.1 Å². The quantitative estimate of drug-likeness (QED) is 0.880. The number of nitrogens with zero attached hydrogens (tertiary/aromatic N) is 2. The Bertz CT molecular complexity index is 598. The molecule has 0 saturated carbocycles. The zero-order chi connectivity index (χ0) is 13.8. The predicted molar refractivity (Wildman–Crippen MR) is 62.8 cm³/mol. The maximum absolute atomic E-state index is 13.3. The zero-order valence-corrected chi connectivity index (χ0v) is 10.0. The summed E-state index contributed by atoms with van der Waals surface area (Å²) in [5.41, 5.74) is 0.545. The van der Waals surface area contributed by atoms with Crippen LogP contribution in [-0.2, 0) is 0 Å². The highest BCUT2D eigenvalue weighted by Gasteiger charge is 2.19. The highest BCUT2D eigenvalue weighted by atomic mass is 32.1. The molecule has 0 saturated heterocycles. The van der Waals surface area contributed by atoms with Crippen LogP contribution >= 0.6 is 11.3 Å². The van der Waals surface area contributed by atoms with Crippen molar-refractivity contribution in [2.45, 2.75) is 0 Å².